The van der Waals surface area contributed by atoms with Crippen LogP contribution in [0.5, 0.6) is 5.75 Å². The maximum atomic E-state index is 12.1. The zero-order chi connectivity index (χ0) is 18.5. The summed E-state index contributed by atoms with van der Waals surface area (Å²) in [7, 11) is 0. The molecule has 130 valence electrons. The second-order valence-electron chi connectivity index (χ2n) is 6.10. The van der Waals surface area contributed by atoms with Crippen LogP contribution in [0.2, 0.25) is 0 Å². The van der Waals surface area contributed by atoms with Gasteiger partial charge in [-0.05, 0) is 35.2 Å². The monoisotopic (exact) mass is 344 g/mol. The molecule has 0 aliphatic heterocycles. The number of hydrogen-bond acceptors (Lipinski definition) is 3. The van der Waals surface area contributed by atoms with Crippen molar-refractivity contribution < 1.29 is 14.6 Å². The van der Waals surface area contributed by atoms with Gasteiger partial charge in [-0.15, -0.1) is 0 Å². The fraction of sp³-hybridized carbons (Fsp3) is 0.0870. The van der Waals surface area contributed by atoms with Gasteiger partial charge in [0.15, 0.2) is 0 Å². The number of carbonyl (C=O) groups is 1. The number of aliphatic hydroxyl groups excluding tert-OH is 1. The Morgan fingerprint density at radius 1 is 0.923 bits per heavy atom. The van der Waals surface area contributed by atoms with Gasteiger partial charge in [0.1, 0.15) is 5.75 Å². The van der Waals surface area contributed by atoms with Gasteiger partial charge in [-0.3, -0.25) is 0 Å². The molecule has 0 saturated carbocycles. The molecule has 0 atom stereocenters. The Morgan fingerprint density at radius 2 is 1.58 bits per heavy atom. The minimum atomic E-state index is -0.455. The number of hydrogen-bond donors (Lipinski definition) is 1. The summed E-state index contributed by atoms with van der Waals surface area (Å²) in [5.74, 6) is 0.0274. The molecule has 0 heterocycles. The van der Waals surface area contributed by atoms with E-state index in [0.29, 0.717) is 11.3 Å². The van der Waals surface area contributed by atoms with Crippen LogP contribution in [0.15, 0.2) is 84.9 Å². The topological polar surface area (TPSA) is 46.5 Å². The molecule has 0 unspecified atom stereocenters. The molecule has 0 aliphatic rings. The Labute approximate surface area is 153 Å². The van der Waals surface area contributed by atoms with Crippen LogP contribution in [0.4, 0.5) is 0 Å². The van der Waals surface area contributed by atoms with E-state index in [1.165, 1.54) is 0 Å². The Kier molecular flexibility index (Phi) is 5.30. The van der Waals surface area contributed by atoms with E-state index in [-0.39, 0.29) is 6.61 Å². The van der Waals surface area contributed by atoms with Crippen molar-refractivity contribution >= 4 is 5.97 Å². The van der Waals surface area contributed by atoms with Gasteiger partial charge in [0.25, 0.3) is 0 Å². The van der Waals surface area contributed by atoms with Crippen molar-refractivity contribution in [3.05, 3.63) is 90.5 Å². The molecule has 0 radical (unpaired) electrons. The Bertz CT molecular complexity index is 925. The Hall–Kier alpha value is -3.17. The van der Waals surface area contributed by atoms with Crippen molar-refractivity contribution in [2.75, 3.05) is 0 Å². The first-order chi connectivity index (χ1) is 12.6. The van der Waals surface area contributed by atoms with Crippen molar-refractivity contribution in [3.8, 4) is 28.0 Å². The molecule has 0 amide bonds. The summed E-state index contributed by atoms with van der Waals surface area (Å²) in [5.41, 5.74) is 4.90. The average molecular weight is 344 g/mol. The summed E-state index contributed by atoms with van der Waals surface area (Å²) < 4.78 is 5.59. The second kappa shape index (κ2) is 7.81. The van der Waals surface area contributed by atoms with E-state index in [1.54, 1.807) is 6.92 Å². The highest BCUT2D eigenvalue weighted by Crippen LogP contribution is 2.35. The summed E-state index contributed by atoms with van der Waals surface area (Å²) in [6, 6.07) is 23.2. The van der Waals surface area contributed by atoms with Crippen LogP contribution in [0, 0.1) is 0 Å². The third-order valence-corrected chi connectivity index (χ3v) is 4.09. The maximum absolute atomic E-state index is 12.1. The minimum absolute atomic E-state index is 0.00920. The number of ether oxygens (including phenoxy) is 1. The lowest BCUT2D eigenvalue weighted by Gasteiger charge is -2.13. The van der Waals surface area contributed by atoms with E-state index in [4.69, 9.17) is 4.74 Å². The molecule has 3 aromatic carbocycles. The molecule has 3 aromatic rings. The van der Waals surface area contributed by atoms with Crippen LogP contribution in [-0.2, 0) is 11.4 Å². The Morgan fingerprint density at radius 3 is 2.19 bits per heavy atom. The zero-order valence-corrected chi connectivity index (χ0v) is 14.6. The van der Waals surface area contributed by atoms with E-state index < -0.39 is 5.97 Å². The van der Waals surface area contributed by atoms with E-state index in [1.807, 2.05) is 72.8 Å². The fourth-order valence-corrected chi connectivity index (χ4v) is 2.63. The summed E-state index contributed by atoms with van der Waals surface area (Å²) in [4.78, 5) is 12.1. The SMILES string of the molecule is C=C(C)C(=O)Oc1cc(-c2ccccc2)ccc1-c1ccc(CO)cc1. The highest BCUT2D eigenvalue weighted by Gasteiger charge is 2.13. The highest BCUT2D eigenvalue weighted by atomic mass is 16.5. The van der Waals surface area contributed by atoms with Crippen LogP contribution in [0.1, 0.15) is 12.5 Å². The van der Waals surface area contributed by atoms with Crippen molar-refractivity contribution in [1.29, 1.82) is 0 Å². The first-order valence-corrected chi connectivity index (χ1v) is 8.36. The average Bonchev–Trinajstić information content (AvgIpc) is 2.68. The molecule has 0 bridgehead atoms. The summed E-state index contributed by atoms with van der Waals surface area (Å²) in [6.45, 7) is 5.27. The molecule has 3 rings (SSSR count). The van der Waals surface area contributed by atoms with Crippen LogP contribution in [-0.4, -0.2) is 11.1 Å². The van der Waals surface area contributed by atoms with E-state index in [0.717, 1.165) is 27.8 Å². The first-order valence-electron chi connectivity index (χ1n) is 8.36. The van der Waals surface area contributed by atoms with Gasteiger partial charge in [-0.1, -0.05) is 73.3 Å². The van der Waals surface area contributed by atoms with E-state index in [2.05, 4.69) is 6.58 Å². The molecule has 0 saturated heterocycles. The fourth-order valence-electron chi connectivity index (χ4n) is 2.63. The number of rotatable bonds is 5. The predicted octanol–water partition coefficient (Wildman–Crippen LogP) is 4.99. The predicted molar refractivity (Wildman–Crippen MR) is 104 cm³/mol. The van der Waals surface area contributed by atoms with Gasteiger partial charge in [0, 0.05) is 11.1 Å². The number of benzene rings is 3. The van der Waals surface area contributed by atoms with Gasteiger partial charge in [0.2, 0.25) is 0 Å². The molecular formula is C23H20O3. The van der Waals surface area contributed by atoms with Gasteiger partial charge in [0.05, 0.1) is 6.61 Å². The quantitative estimate of drug-likeness (QED) is 0.403. The molecule has 0 aromatic heterocycles. The number of esters is 1. The summed E-state index contributed by atoms with van der Waals surface area (Å²) >= 11 is 0. The largest absolute Gasteiger partial charge is 0.423 e. The lowest BCUT2D eigenvalue weighted by Crippen LogP contribution is -2.09. The summed E-state index contributed by atoms with van der Waals surface area (Å²) in [5, 5.41) is 9.22. The summed E-state index contributed by atoms with van der Waals surface area (Å²) in [6.07, 6.45) is 0. The third kappa shape index (κ3) is 3.90. The van der Waals surface area contributed by atoms with Gasteiger partial charge in [-0.25, -0.2) is 4.79 Å². The van der Waals surface area contributed by atoms with Crippen LogP contribution in [0.3, 0.4) is 0 Å². The Balaban J connectivity index is 2.07. The molecule has 3 nitrogen and oxygen atoms in total. The van der Waals surface area contributed by atoms with Crippen molar-refractivity contribution in [2.45, 2.75) is 13.5 Å². The van der Waals surface area contributed by atoms with Crippen LogP contribution in [0.25, 0.3) is 22.3 Å². The smallest absolute Gasteiger partial charge is 0.338 e. The molecule has 0 spiro atoms. The first kappa shape index (κ1) is 17.6. The molecule has 0 aliphatic carbocycles. The second-order valence-corrected chi connectivity index (χ2v) is 6.10. The van der Waals surface area contributed by atoms with Gasteiger partial charge < -0.3 is 9.84 Å². The molecule has 0 fully saturated rings. The lowest BCUT2D eigenvalue weighted by molar-refractivity contribution is -0.130. The van der Waals surface area contributed by atoms with Gasteiger partial charge >= 0.3 is 5.97 Å². The van der Waals surface area contributed by atoms with E-state index in [9.17, 15) is 9.90 Å². The van der Waals surface area contributed by atoms with Crippen molar-refractivity contribution in [2.24, 2.45) is 0 Å². The van der Waals surface area contributed by atoms with Crippen LogP contribution < -0.4 is 4.74 Å². The zero-order valence-electron chi connectivity index (χ0n) is 14.6. The minimum Gasteiger partial charge on any atom is -0.423 e. The van der Waals surface area contributed by atoms with E-state index >= 15 is 0 Å². The standard InChI is InChI=1S/C23H20O3/c1-16(2)23(25)26-22-14-20(18-6-4-3-5-7-18)12-13-21(22)19-10-8-17(15-24)9-11-19/h3-14,24H,1,15H2,2H3. The number of aliphatic hydroxyl groups is 1. The normalized spacial score (nSPS) is 10.4. The molecule has 3 heteroatoms. The lowest BCUT2D eigenvalue weighted by atomic mass is 9.98. The molecule has 1 N–H and O–H groups in total. The maximum Gasteiger partial charge on any atom is 0.338 e. The molecule has 26 heavy (non-hydrogen) atoms. The van der Waals surface area contributed by atoms with Crippen molar-refractivity contribution in [1.82, 2.24) is 0 Å². The highest BCUT2D eigenvalue weighted by molar-refractivity contribution is 5.90. The van der Waals surface area contributed by atoms with Crippen molar-refractivity contribution in [3.63, 3.8) is 0 Å². The van der Waals surface area contributed by atoms with Gasteiger partial charge in [-0.2, -0.15) is 0 Å². The van der Waals surface area contributed by atoms with Crippen LogP contribution >= 0.6 is 0 Å². The molecular weight excluding hydrogens is 324 g/mol. The number of carbonyl (C=O) groups excluding carboxylic acids is 1. The third-order valence-electron chi connectivity index (χ3n) is 4.09.